The number of carbonyl (C=O) groups is 1. The van der Waals surface area contributed by atoms with Crippen LogP contribution in [0.25, 0.3) is 0 Å². The van der Waals surface area contributed by atoms with Crippen LogP contribution in [0.1, 0.15) is 0 Å². The number of primary amides is 1. The maximum Gasteiger partial charge on any atom is 0.404 e. The van der Waals surface area contributed by atoms with Crippen molar-refractivity contribution in [3.63, 3.8) is 0 Å². The van der Waals surface area contributed by atoms with Crippen molar-refractivity contribution in [2.75, 3.05) is 25.3 Å². The number of carbonyl (C=O) groups excluding carboxylic acids is 1. The first-order valence-electron chi connectivity index (χ1n) is 6.27. The molecule has 10 nitrogen and oxygen atoms in total. The van der Waals surface area contributed by atoms with Crippen LogP contribution < -0.4 is 21.0 Å². The fraction of sp³-hybridized carbons (Fsp3) is 0.250. The van der Waals surface area contributed by atoms with Gasteiger partial charge >= 0.3 is 11.8 Å². The fourth-order valence-electron chi connectivity index (χ4n) is 1.91. The van der Waals surface area contributed by atoms with E-state index >= 15 is 0 Å². The lowest BCUT2D eigenvalue weighted by Crippen LogP contribution is -2.41. The average molecular weight is 309 g/mol. The summed E-state index contributed by atoms with van der Waals surface area (Å²) < 4.78 is 9.77. The van der Waals surface area contributed by atoms with Crippen molar-refractivity contribution in [3.8, 4) is 5.75 Å². The summed E-state index contributed by atoms with van der Waals surface area (Å²) in [5.41, 5.74) is 8.16. The number of amides is 1. The summed E-state index contributed by atoms with van der Waals surface area (Å²) in [6.45, 7) is 0.458. The number of benzene rings is 1. The number of hydrazine groups is 2. The molecule has 0 unspecified atom stereocenters. The summed E-state index contributed by atoms with van der Waals surface area (Å²) in [5, 5.41) is 14.2. The summed E-state index contributed by atoms with van der Waals surface area (Å²) in [7, 11) is 1.37. The van der Waals surface area contributed by atoms with Gasteiger partial charge in [0.1, 0.15) is 12.3 Å². The molecular formula is C12H15N5O5. The van der Waals surface area contributed by atoms with Crippen LogP contribution in [0.4, 0.5) is 16.2 Å². The molecule has 10 heteroatoms. The Balaban J connectivity index is 2.08. The second-order valence-electron chi connectivity index (χ2n) is 4.22. The molecule has 0 atom stereocenters. The van der Waals surface area contributed by atoms with Crippen molar-refractivity contribution < 1.29 is 19.2 Å². The van der Waals surface area contributed by atoms with Crippen molar-refractivity contribution in [3.05, 3.63) is 40.7 Å². The number of nitrogens with two attached hydrogens (primary N) is 1. The van der Waals surface area contributed by atoms with E-state index < -0.39 is 11.0 Å². The van der Waals surface area contributed by atoms with Crippen LogP contribution in [0.5, 0.6) is 5.75 Å². The largest absolute Gasteiger partial charge is 0.489 e. The van der Waals surface area contributed by atoms with E-state index in [-0.39, 0.29) is 18.0 Å². The smallest absolute Gasteiger partial charge is 0.404 e. The normalized spacial score (nSPS) is 13.3. The summed E-state index contributed by atoms with van der Waals surface area (Å²) in [6, 6.07) is 4.59. The first-order chi connectivity index (χ1) is 10.5. The first kappa shape index (κ1) is 15.4. The minimum absolute atomic E-state index is 0.104. The van der Waals surface area contributed by atoms with Gasteiger partial charge in [-0.2, -0.15) is 0 Å². The van der Waals surface area contributed by atoms with Gasteiger partial charge in [0.2, 0.25) is 5.75 Å². The second-order valence-corrected chi connectivity index (χ2v) is 4.22. The molecule has 0 spiro atoms. The SMILES string of the molecule is COc1c(N2C=CN(CCOC(N)=O)N2)cccc1[N+](=O)[O-]. The van der Waals surface area contributed by atoms with Gasteiger partial charge in [-0.25, -0.2) is 4.79 Å². The molecule has 0 aliphatic carbocycles. The zero-order chi connectivity index (χ0) is 16.1. The summed E-state index contributed by atoms with van der Waals surface area (Å²) in [4.78, 5) is 21.0. The number of nitrogens with zero attached hydrogens (tertiary/aromatic N) is 3. The van der Waals surface area contributed by atoms with Crippen LogP contribution >= 0.6 is 0 Å². The third-order valence-electron chi connectivity index (χ3n) is 2.84. The lowest BCUT2D eigenvalue weighted by Gasteiger charge is -2.23. The molecule has 1 heterocycles. The van der Waals surface area contributed by atoms with E-state index in [4.69, 9.17) is 10.5 Å². The third-order valence-corrected chi connectivity index (χ3v) is 2.84. The highest BCUT2D eigenvalue weighted by Crippen LogP contribution is 2.37. The second kappa shape index (κ2) is 6.63. The van der Waals surface area contributed by atoms with Crippen LogP contribution in [0.3, 0.4) is 0 Å². The molecule has 1 amide bonds. The van der Waals surface area contributed by atoms with Gasteiger partial charge in [0.15, 0.2) is 0 Å². The number of rotatable bonds is 6. The van der Waals surface area contributed by atoms with Gasteiger partial charge in [0, 0.05) is 18.5 Å². The van der Waals surface area contributed by atoms with Crippen molar-refractivity contribution in [2.24, 2.45) is 5.73 Å². The molecule has 0 saturated carbocycles. The van der Waals surface area contributed by atoms with Crippen molar-refractivity contribution >= 4 is 17.5 Å². The van der Waals surface area contributed by atoms with E-state index in [0.29, 0.717) is 12.2 Å². The molecule has 1 aliphatic rings. The van der Waals surface area contributed by atoms with Crippen LogP contribution in [0, 0.1) is 10.1 Å². The van der Waals surface area contributed by atoms with Crippen LogP contribution in [0.15, 0.2) is 30.6 Å². The number of ether oxygens (including phenoxy) is 2. The van der Waals surface area contributed by atoms with Crippen LogP contribution in [0.2, 0.25) is 0 Å². The van der Waals surface area contributed by atoms with Gasteiger partial charge in [-0.05, 0) is 6.07 Å². The van der Waals surface area contributed by atoms with Crippen molar-refractivity contribution in [1.82, 2.24) is 10.5 Å². The lowest BCUT2D eigenvalue weighted by molar-refractivity contribution is -0.385. The topological polar surface area (TPSA) is 123 Å². The van der Waals surface area contributed by atoms with E-state index in [1.807, 2.05) is 0 Å². The molecule has 0 bridgehead atoms. The van der Waals surface area contributed by atoms with E-state index in [2.05, 4.69) is 10.3 Å². The van der Waals surface area contributed by atoms with Crippen molar-refractivity contribution in [1.29, 1.82) is 0 Å². The summed E-state index contributed by atoms with van der Waals surface area (Å²) in [6.07, 6.45) is 2.49. The highest BCUT2D eigenvalue weighted by molar-refractivity contribution is 5.68. The number of hydrogen-bond donors (Lipinski definition) is 2. The van der Waals surface area contributed by atoms with E-state index in [1.165, 1.54) is 13.2 Å². The van der Waals surface area contributed by atoms with E-state index in [9.17, 15) is 14.9 Å². The molecule has 0 radical (unpaired) electrons. The molecule has 1 aromatic carbocycles. The Kier molecular flexibility index (Phi) is 4.63. The standard InChI is InChI=1S/C12H15N5O5/c1-21-11-9(3-2-4-10(11)17(19)20)16-6-5-15(14-16)7-8-22-12(13)18/h2-6,14H,7-8H2,1H3,(H2,13,18). The molecule has 0 fully saturated rings. The summed E-state index contributed by atoms with van der Waals surface area (Å²) in [5.74, 6) is 0.139. The number of nitro benzene ring substituents is 1. The predicted molar refractivity (Wildman–Crippen MR) is 76.6 cm³/mol. The molecule has 0 aromatic heterocycles. The van der Waals surface area contributed by atoms with Crippen LogP contribution in [-0.2, 0) is 4.74 Å². The molecular weight excluding hydrogens is 294 g/mol. The Bertz CT molecular complexity index is 606. The fourth-order valence-corrected chi connectivity index (χ4v) is 1.91. The molecule has 0 saturated heterocycles. The number of hydrogen-bond acceptors (Lipinski definition) is 8. The number of nitro groups is 1. The van der Waals surface area contributed by atoms with E-state index in [1.54, 1.807) is 34.6 Å². The number of methoxy groups -OCH3 is 1. The van der Waals surface area contributed by atoms with Gasteiger partial charge in [-0.1, -0.05) is 6.07 Å². The Morgan fingerprint density at radius 1 is 1.45 bits per heavy atom. The Morgan fingerprint density at radius 2 is 2.23 bits per heavy atom. The lowest BCUT2D eigenvalue weighted by atomic mass is 10.2. The third kappa shape index (κ3) is 3.35. The molecule has 1 aromatic rings. The zero-order valence-corrected chi connectivity index (χ0v) is 11.8. The minimum atomic E-state index is -0.847. The van der Waals surface area contributed by atoms with Crippen molar-refractivity contribution in [2.45, 2.75) is 0 Å². The van der Waals surface area contributed by atoms with Gasteiger partial charge in [0.25, 0.3) is 0 Å². The monoisotopic (exact) mass is 309 g/mol. The highest BCUT2D eigenvalue weighted by Gasteiger charge is 2.23. The molecule has 3 N–H and O–H groups in total. The molecule has 22 heavy (non-hydrogen) atoms. The average Bonchev–Trinajstić information content (AvgIpc) is 2.94. The Labute approximate surface area is 125 Å². The molecule has 118 valence electrons. The van der Waals surface area contributed by atoms with Gasteiger partial charge in [-0.15, -0.1) is 5.53 Å². The maximum absolute atomic E-state index is 11.0. The number of anilines is 1. The Morgan fingerprint density at radius 3 is 2.86 bits per heavy atom. The quantitative estimate of drug-likeness (QED) is 0.581. The predicted octanol–water partition coefficient (Wildman–Crippen LogP) is 0.712. The Hall–Kier alpha value is -3.01. The van der Waals surface area contributed by atoms with Gasteiger partial charge in [-0.3, -0.25) is 20.1 Å². The maximum atomic E-state index is 11.0. The van der Waals surface area contributed by atoms with Gasteiger partial charge < -0.3 is 15.2 Å². The number of nitrogens with one attached hydrogen (secondary N) is 1. The van der Waals surface area contributed by atoms with E-state index in [0.717, 1.165) is 0 Å². The minimum Gasteiger partial charge on any atom is -0.489 e. The van der Waals surface area contributed by atoms with Gasteiger partial charge in [0.05, 0.1) is 18.6 Å². The number of para-hydroxylation sites is 1. The molecule has 2 rings (SSSR count). The molecule has 1 aliphatic heterocycles. The first-order valence-corrected chi connectivity index (χ1v) is 6.27. The van der Waals surface area contributed by atoms with Crippen LogP contribution in [-0.4, -0.2) is 36.3 Å². The highest BCUT2D eigenvalue weighted by atomic mass is 16.6. The zero-order valence-electron chi connectivity index (χ0n) is 11.8. The summed E-state index contributed by atoms with van der Waals surface area (Å²) >= 11 is 0.